The molecule has 0 spiro atoms. The highest BCUT2D eigenvalue weighted by atomic mass is 32.2. The zero-order valence-electron chi connectivity index (χ0n) is 8.05. The molecule has 0 unspecified atom stereocenters. The van der Waals surface area contributed by atoms with Gasteiger partial charge in [0.25, 0.3) is 0 Å². The first-order chi connectivity index (χ1) is 6.79. The third kappa shape index (κ3) is 1.99. The highest BCUT2D eigenvalue weighted by Crippen LogP contribution is 2.19. The van der Waals surface area contributed by atoms with Gasteiger partial charge >= 0.3 is 0 Å². The SMILES string of the molecule is CSc1nccc(N2CC[C@H](O)C2)n1. The Labute approximate surface area is 87.4 Å². The van der Waals surface area contributed by atoms with Crippen molar-refractivity contribution in [2.45, 2.75) is 17.7 Å². The summed E-state index contributed by atoms with van der Waals surface area (Å²) in [6, 6.07) is 1.89. The number of hydrogen-bond donors (Lipinski definition) is 1. The van der Waals surface area contributed by atoms with Crippen molar-refractivity contribution in [1.82, 2.24) is 9.97 Å². The number of thioether (sulfide) groups is 1. The molecule has 2 heterocycles. The van der Waals surface area contributed by atoms with Gasteiger partial charge in [0.2, 0.25) is 0 Å². The number of aliphatic hydroxyl groups is 1. The van der Waals surface area contributed by atoms with E-state index >= 15 is 0 Å². The smallest absolute Gasteiger partial charge is 0.189 e. The molecule has 0 radical (unpaired) electrons. The van der Waals surface area contributed by atoms with Gasteiger partial charge in [-0.1, -0.05) is 11.8 Å². The predicted molar refractivity (Wildman–Crippen MR) is 56.6 cm³/mol. The first-order valence-corrected chi connectivity index (χ1v) is 5.82. The van der Waals surface area contributed by atoms with Gasteiger partial charge in [0.15, 0.2) is 5.16 Å². The van der Waals surface area contributed by atoms with E-state index in [1.165, 1.54) is 11.8 Å². The Morgan fingerprint density at radius 2 is 2.50 bits per heavy atom. The Morgan fingerprint density at radius 3 is 3.14 bits per heavy atom. The molecule has 0 saturated carbocycles. The van der Waals surface area contributed by atoms with Crippen LogP contribution in [0.1, 0.15) is 6.42 Å². The fraction of sp³-hybridized carbons (Fsp3) is 0.556. The van der Waals surface area contributed by atoms with Crippen LogP contribution in [-0.2, 0) is 0 Å². The molecule has 76 valence electrons. The number of rotatable bonds is 2. The van der Waals surface area contributed by atoms with Gasteiger partial charge in [-0.3, -0.25) is 0 Å². The second kappa shape index (κ2) is 4.14. The maximum atomic E-state index is 9.40. The van der Waals surface area contributed by atoms with Gasteiger partial charge in [0.1, 0.15) is 5.82 Å². The fourth-order valence-corrected chi connectivity index (χ4v) is 1.91. The summed E-state index contributed by atoms with van der Waals surface area (Å²) in [5, 5.41) is 10.2. The summed E-state index contributed by atoms with van der Waals surface area (Å²) in [5.41, 5.74) is 0. The van der Waals surface area contributed by atoms with Crippen molar-refractivity contribution in [1.29, 1.82) is 0 Å². The topological polar surface area (TPSA) is 49.2 Å². The number of anilines is 1. The Balaban J connectivity index is 2.15. The molecule has 1 aromatic heterocycles. The van der Waals surface area contributed by atoms with Crippen LogP contribution >= 0.6 is 11.8 Å². The van der Waals surface area contributed by atoms with E-state index in [0.717, 1.165) is 23.9 Å². The molecule has 1 fully saturated rings. The molecule has 0 bridgehead atoms. The molecule has 0 aromatic carbocycles. The van der Waals surface area contributed by atoms with Crippen molar-refractivity contribution < 1.29 is 5.11 Å². The second-order valence-corrected chi connectivity index (χ2v) is 4.06. The summed E-state index contributed by atoms with van der Waals surface area (Å²) < 4.78 is 0. The van der Waals surface area contributed by atoms with E-state index in [-0.39, 0.29) is 6.10 Å². The fourth-order valence-electron chi connectivity index (χ4n) is 1.56. The lowest BCUT2D eigenvalue weighted by Crippen LogP contribution is -2.22. The Kier molecular flexibility index (Phi) is 2.88. The van der Waals surface area contributed by atoms with Crippen molar-refractivity contribution in [3.63, 3.8) is 0 Å². The average molecular weight is 211 g/mol. The molecule has 1 N–H and O–H groups in total. The highest BCUT2D eigenvalue weighted by Gasteiger charge is 2.21. The summed E-state index contributed by atoms with van der Waals surface area (Å²) in [5.74, 6) is 0.918. The highest BCUT2D eigenvalue weighted by molar-refractivity contribution is 7.98. The minimum absolute atomic E-state index is 0.206. The lowest BCUT2D eigenvalue weighted by atomic mass is 10.3. The van der Waals surface area contributed by atoms with Crippen molar-refractivity contribution in [3.8, 4) is 0 Å². The number of aromatic nitrogens is 2. The van der Waals surface area contributed by atoms with Crippen molar-refractivity contribution in [2.75, 3.05) is 24.2 Å². The van der Waals surface area contributed by atoms with E-state index in [1.807, 2.05) is 12.3 Å². The minimum Gasteiger partial charge on any atom is -0.391 e. The van der Waals surface area contributed by atoms with Crippen molar-refractivity contribution in [3.05, 3.63) is 12.3 Å². The van der Waals surface area contributed by atoms with E-state index < -0.39 is 0 Å². The number of β-amino-alcohol motifs (C(OH)–C–C–N with tert-alkyl or cyclic N) is 1. The van der Waals surface area contributed by atoms with Gasteiger partial charge < -0.3 is 10.0 Å². The molecule has 5 heteroatoms. The van der Waals surface area contributed by atoms with Crippen molar-refractivity contribution >= 4 is 17.6 Å². The maximum absolute atomic E-state index is 9.40. The van der Waals surface area contributed by atoms with Crippen LogP contribution < -0.4 is 4.90 Å². The summed E-state index contributed by atoms with van der Waals surface area (Å²) in [6.45, 7) is 1.57. The van der Waals surface area contributed by atoms with E-state index in [2.05, 4.69) is 14.9 Å². The molecule has 0 aliphatic carbocycles. The zero-order valence-corrected chi connectivity index (χ0v) is 8.87. The van der Waals surface area contributed by atoms with E-state index in [0.29, 0.717) is 6.54 Å². The summed E-state index contributed by atoms with van der Waals surface area (Å²) in [4.78, 5) is 10.6. The lowest BCUT2D eigenvalue weighted by molar-refractivity contribution is 0.198. The zero-order chi connectivity index (χ0) is 9.97. The monoisotopic (exact) mass is 211 g/mol. The molecule has 1 atom stereocenters. The Bertz CT molecular complexity index is 321. The van der Waals surface area contributed by atoms with Gasteiger partial charge in [0, 0.05) is 19.3 Å². The molecule has 4 nitrogen and oxygen atoms in total. The molecule has 1 aliphatic rings. The quantitative estimate of drug-likeness (QED) is 0.578. The van der Waals surface area contributed by atoms with Gasteiger partial charge in [-0.2, -0.15) is 0 Å². The van der Waals surface area contributed by atoms with Crippen LogP contribution in [0.25, 0.3) is 0 Å². The first-order valence-electron chi connectivity index (χ1n) is 4.59. The normalized spacial score (nSPS) is 21.6. The largest absolute Gasteiger partial charge is 0.391 e. The minimum atomic E-state index is -0.206. The van der Waals surface area contributed by atoms with Crippen LogP contribution in [0.15, 0.2) is 17.4 Å². The van der Waals surface area contributed by atoms with Crippen LogP contribution in [0.4, 0.5) is 5.82 Å². The Morgan fingerprint density at radius 1 is 1.64 bits per heavy atom. The van der Waals surface area contributed by atoms with Crippen LogP contribution in [-0.4, -0.2) is 40.5 Å². The lowest BCUT2D eigenvalue weighted by Gasteiger charge is -2.16. The third-order valence-corrected chi connectivity index (χ3v) is 2.85. The molecule has 1 saturated heterocycles. The number of nitrogens with zero attached hydrogens (tertiary/aromatic N) is 3. The van der Waals surface area contributed by atoms with Gasteiger partial charge in [-0.05, 0) is 18.7 Å². The average Bonchev–Trinajstić information content (AvgIpc) is 2.65. The second-order valence-electron chi connectivity index (χ2n) is 3.29. The first kappa shape index (κ1) is 9.73. The molecule has 14 heavy (non-hydrogen) atoms. The third-order valence-electron chi connectivity index (χ3n) is 2.29. The number of hydrogen-bond acceptors (Lipinski definition) is 5. The van der Waals surface area contributed by atoms with E-state index in [9.17, 15) is 5.11 Å². The van der Waals surface area contributed by atoms with Crippen molar-refractivity contribution in [2.24, 2.45) is 0 Å². The van der Waals surface area contributed by atoms with Gasteiger partial charge in [0.05, 0.1) is 6.10 Å². The standard InChI is InChI=1S/C9H13N3OS/c1-14-9-10-4-2-8(11-9)12-5-3-7(13)6-12/h2,4,7,13H,3,5-6H2,1H3/t7-/m0/s1. The molecule has 1 aromatic rings. The van der Waals surface area contributed by atoms with Crippen LogP contribution in [0, 0.1) is 0 Å². The van der Waals surface area contributed by atoms with Gasteiger partial charge in [-0.15, -0.1) is 0 Å². The summed E-state index contributed by atoms with van der Waals surface area (Å²) >= 11 is 1.53. The summed E-state index contributed by atoms with van der Waals surface area (Å²) in [7, 11) is 0. The molecule has 1 aliphatic heterocycles. The summed E-state index contributed by atoms with van der Waals surface area (Å²) in [6.07, 6.45) is 4.35. The predicted octanol–water partition coefficient (Wildman–Crippen LogP) is 0.770. The van der Waals surface area contributed by atoms with Crippen LogP contribution in [0.2, 0.25) is 0 Å². The molecule has 2 rings (SSSR count). The molecule has 0 amide bonds. The number of aliphatic hydroxyl groups excluding tert-OH is 1. The molecular weight excluding hydrogens is 198 g/mol. The van der Waals surface area contributed by atoms with Crippen LogP contribution in [0.5, 0.6) is 0 Å². The van der Waals surface area contributed by atoms with E-state index in [4.69, 9.17) is 0 Å². The van der Waals surface area contributed by atoms with Gasteiger partial charge in [-0.25, -0.2) is 9.97 Å². The van der Waals surface area contributed by atoms with E-state index in [1.54, 1.807) is 6.20 Å². The maximum Gasteiger partial charge on any atom is 0.189 e. The van der Waals surface area contributed by atoms with Crippen LogP contribution in [0.3, 0.4) is 0 Å². The molecular formula is C9H13N3OS. The Hall–Kier alpha value is -0.810.